The van der Waals surface area contributed by atoms with E-state index in [9.17, 15) is 9.18 Å². The highest BCUT2D eigenvalue weighted by molar-refractivity contribution is 5.91. The summed E-state index contributed by atoms with van der Waals surface area (Å²) in [6.07, 6.45) is 2.17. The van der Waals surface area contributed by atoms with Gasteiger partial charge in [-0.2, -0.15) is 5.10 Å². The number of nitrogens with one attached hydrogen (secondary N) is 1. The smallest absolute Gasteiger partial charge is 0.226 e. The molecule has 106 valence electrons. The summed E-state index contributed by atoms with van der Waals surface area (Å²) in [7, 11) is 0. The van der Waals surface area contributed by atoms with Gasteiger partial charge in [0.1, 0.15) is 5.82 Å². The molecule has 0 bridgehead atoms. The van der Waals surface area contributed by atoms with Gasteiger partial charge in [-0.25, -0.2) is 4.39 Å². The molecule has 0 aliphatic rings. The number of anilines is 1. The van der Waals surface area contributed by atoms with E-state index in [1.165, 1.54) is 12.1 Å². The van der Waals surface area contributed by atoms with Crippen LogP contribution >= 0.6 is 0 Å². The van der Waals surface area contributed by atoms with E-state index >= 15 is 0 Å². The molecule has 0 spiro atoms. The third-order valence-corrected chi connectivity index (χ3v) is 3.14. The van der Waals surface area contributed by atoms with Crippen molar-refractivity contribution < 1.29 is 9.18 Å². The topological polar surface area (TPSA) is 46.9 Å². The molecule has 1 heterocycles. The Balaban J connectivity index is 1.98. The van der Waals surface area contributed by atoms with E-state index in [1.807, 2.05) is 26.1 Å². The molecular formula is C15H18FN3O. The molecule has 0 saturated carbocycles. The minimum absolute atomic E-state index is 0.0237. The highest BCUT2D eigenvalue weighted by atomic mass is 19.1. The van der Waals surface area contributed by atoms with Crippen molar-refractivity contribution in [3.05, 3.63) is 47.5 Å². The second-order valence-corrected chi connectivity index (χ2v) is 5.00. The number of rotatable bonds is 4. The maximum atomic E-state index is 13.0. The molecule has 5 heteroatoms. The summed E-state index contributed by atoms with van der Waals surface area (Å²) in [4.78, 5) is 12.0. The van der Waals surface area contributed by atoms with Gasteiger partial charge in [0.2, 0.25) is 5.91 Å². The Morgan fingerprint density at radius 3 is 2.75 bits per heavy atom. The fraction of sp³-hybridized carbons (Fsp3) is 0.333. The number of aryl methyl sites for hydroxylation is 2. The Morgan fingerprint density at radius 1 is 1.40 bits per heavy atom. The van der Waals surface area contributed by atoms with Crippen LogP contribution in [0.2, 0.25) is 0 Å². The number of benzene rings is 1. The van der Waals surface area contributed by atoms with Crippen LogP contribution in [-0.4, -0.2) is 15.7 Å². The van der Waals surface area contributed by atoms with Crippen LogP contribution in [0, 0.1) is 19.7 Å². The van der Waals surface area contributed by atoms with Crippen molar-refractivity contribution in [2.24, 2.45) is 0 Å². The van der Waals surface area contributed by atoms with E-state index in [2.05, 4.69) is 10.4 Å². The predicted molar refractivity (Wildman–Crippen MR) is 76.1 cm³/mol. The molecule has 2 rings (SSSR count). The van der Waals surface area contributed by atoms with E-state index in [0.29, 0.717) is 17.7 Å². The van der Waals surface area contributed by atoms with Gasteiger partial charge < -0.3 is 5.32 Å². The van der Waals surface area contributed by atoms with E-state index in [-0.39, 0.29) is 17.8 Å². The first-order valence-corrected chi connectivity index (χ1v) is 6.53. The molecule has 0 fully saturated rings. The predicted octanol–water partition coefficient (Wildman–Crippen LogP) is 3.23. The Bertz CT molecular complexity index is 621. The van der Waals surface area contributed by atoms with Crippen LogP contribution in [0.5, 0.6) is 0 Å². The van der Waals surface area contributed by atoms with E-state index in [1.54, 1.807) is 17.7 Å². The fourth-order valence-electron chi connectivity index (χ4n) is 2.01. The molecule has 1 aromatic carbocycles. The maximum Gasteiger partial charge on any atom is 0.226 e. The number of hydrogen-bond donors (Lipinski definition) is 1. The van der Waals surface area contributed by atoms with Crippen LogP contribution in [0.15, 0.2) is 30.5 Å². The third-order valence-electron chi connectivity index (χ3n) is 3.14. The summed E-state index contributed by atoms with van der Waals surface area (Å²) in [6, 6.07) is 6.19. The Kier molecular flexibility index (Phi) is 4.17. The monoisotopic (exact) mass is 275 g/mol. The highest BCUT2D eigenvalue weighted by Crippen LogP contribution is 2.17. The number of aromatic nitrogens is 2. The maximum absolute atomic E-state index is 13.0. The van der Waals surface area contributed by atoms with Gasteiger partial charge in [-0.05, 0) is 50.6 Å². The summed E-state index contributed by atoms with van der Waals surface area (Å²) >= 11 is 0. The van der Waals surface area contributed by atoms with Gasteiger partial charge in [-0.1, -0.05) is 0 Å². The van der Waals surface area contributed by atoms with Gasteiger partial charge in [0.05, 0.1) is 11.7 Å². The minimum atomic E-state index is -0.305. The second-order valence-electron chi connectivity index (χ2n) is 5.00. The summed E-state index contributed by atoms with van der Waals surface area (Å²) < 4.78 is 14.8. The van der Waals surface area contributed by atoms with Gasteiger partial charge in [-0.3, -0.25) is 9.48 Å². The lowest BCUT2D eigenvalue weighted by molar-refractivity contribution is -0.116. The average molecular weight is 275 g/mol. The quantitative estimate of drug-likeness (QED) is 0.931. The van der Waals surface area contributed by atoms with Crippen LogP contribution < -0.4 is 5.32 Å². The molecule has 0 saturated heterocycles. The summed E-state index contributed by atoms with van der Waals surface area (Å²) in [6.45, 7) is 5.60. The van der Waals surface area contributed by atoms with Crippen LogP contribution in [0.1, 0.15) is 30.6 Å². The molecule has 1 amide bonds. The van der Waals surface area contributed by atoms with Crippen LogP contribution in [0.25, 0.3) is 0 Å². The summed E-state index contributed by atoms with van der Waals surface area (Å²) in [5, 5.41) is 7.09. The SMILES string of the molecule is Cc1ccn([C@H](C)CC(=O)Nc2ccc(F)cc2C)n1. The van der Waals surface area contributed by atoms with Gasteiger partial charge in [0.15, 0.2) is 0 Å². The molecular weight excluding hydrogens is 257 g/mol. The number of hydrogen-bond acceptors (Lipinski definition) is 2. The van der Waals surface area contributed by atoms with Gasteiger partial charge >= 0.3 is 0 Å². The van der Waals surface area contributed by atoms with Crippen LogP contribution in [-0.2, 0) is 4.79 Å². The van der Waals surface area contributed by atoms with Crippen molar-refractivity contribution in [1.82, 2.24) is 9.78 Å². The second kappa shape index (κ2) is 5.86. The average Bonchev–Trinajstić information content (AvgIpc) is 2.79. The van der Waals surface area contributed by atoms with E-state index in [4.69, 9.17) is 0 Å². The molecule has 0 aliphatic carbocycles. The van der Waals surface area contributed by atoms with Gasteiger partial charge in [0, 0.05) is 18.3 Å². The van der Waals surface area contributed by atoms with Crippen molar-refractivity contribution in [2.75, 3.05) is 5.32 Å². The zero-order valence-corrected chi connectivity index (χ0v) is 11.9. The van der Waals surface area contributed by atoms with Crippen LogP contribution in [0.4, 0.5) is 10.1 Å². The van der Waals surface area contributed by atoms with Gasteiger partial charge in [0.25, 0.3) is 0 Å². The van der Waals surface area contributed by atoms with Gasteiger partial charge in [-0.15, -0.1) is 0 Å². The molecule has 0 aliphatic heterocycles. The number of halogens is 1. The first-order valence-electron chi connectivity index (χ1n) is 6.53. The Morgan fingerprint density at radius 2 is 2.15 bits per heavy atom. The largest absolute Gasteiger partial charge is 0.326 e. The lowest BCUT2D eigenvalue weighted by Crippen LogP contribution is -2.18. The molecule has 1 N–H and O–H groups in total. The van der Waals surface area contributed by atoms with Crippen molar-refractivity contribution >= 4 is 11.6 Å². The molecule has 2 aromatic rings. The van der Waals surface area contributed by atoms with Crippen molar-refractivity contribution in [3.8, 4) is 0 Å². The van der Waals surface area contributed by atoms with Crippen LogP contribution in [0.3, 0.4) is 0 Å². The number of carbonyl (C=O) groups excluding carboxylic acids is 1. The normalized spacial score (nSPS) is 12.2. The van der Waals surface area contributed by atoms with E-state index < -0.39 is 0 Å². The summed E-state index contributed by atoms with van der Waals surface area (Å²) in [5.74, 6) is -0.416. The van der Waals surface area contributed by atoms with Crippen molar-refractivity contribution in [3.63, 3.8) is 0 Å². The molecule has 0 radical (unpaired) electrons. The molecule has 20 heavy (non-hydrogen) atoms. The standard InChI is InChI=1S/C15H18FN3O/c1-10-8-13(16)4-5-14(10)17-15(20)9-12(3)19-7-6-11(2)18-19/h4-8,12H,9H2,1-3H3,(H,17,20)/t12-/m1/s1. The number of carbonyl (C=O) groups is 1. The molecule has 0 unspecified atom stereocenters. The summed E-state index contributed by atoms with van der Waals surface area (Å²) in [5.41, 5.74) is 2.27. The van der Waals surface area contributed by atoms with E-state index in [0.717, 1.165) is 5.69 Å². The number of nitrogens with zero attached hydrogens (tertiary/aromatic N) is 2. The minimum Gasteiger partial charge on any atom is -0.326 e. The van der Waals surface area contributed by atoms with Crippen molar-refractivity contribution in [2.45, 2.75) is 33.2 Å². The zero-order chi connectivity index (χ0) is 14.7. The lowest BCUT2D eigenvalue weighted by Gasteiger charge is -2.13. The zero-order valence-electron chi connectivity index (χ0n) is 11.9. The Labute approximate surface area is 117 Å². The molecule has 4 nitrogen and oxygen atoms in total. The third kappa shape index (κ3) is 3.44. The first-order chi connectivity index (χ1) is 9.45. The molecule has 1 atom stereocenters. The fourth-order valence-corrected chi connectivity index (χ4v) is 2.01. The number of amides is 1. The first kappa shape index (κ1) is 14.2. The molecule has 1 aromatic heterocycles. The highest BCUT2D eigenvalue weighted by Gasteiger charge is 2.12. The lowest BCUT2D eigenvalue weighted by atomic mass is 10.1. The van der Waals surface area contributed by atoms with Crippen molar-refractivity contribution in [1.29, 1.82) is 0 Å². The Hall–Kier alpha value is -2.17.